The summed E-state index contributed by atoms with van der Waals surface area (Å²) in [6.45, 7) is 7.80. The van der Waals surface area contributed by atoms with Gasteiger partial charge < -0.3 is 67.0 Å². The van der Waals surface area contributed by atoms with Gasteiger partial charge in [0.15, 0.2) is 6.29 Å². The predicted octanol–water partition coefficient (Wildman–Crippen LogP) is -0.454. The molecular weight excluding hydrogens is 607 g/mol. The number of hydrogen-bond donors (Lipinski definition) is 10. The molecular formula is C31H65FN4O10. The molecule has 14 nitrogen and oxygen atoms in total. The molecule has 4 fully saturated rings. The van der Waals surface area contributed by atoms with Crippen LogP contribution in [-0.2, 0) is 19.2 Å². The van der Waals surface area contributed by atoms with Crippen molar-refractivity contribution in [1.82, 2.24) is 10.6 Å². The van der Waals surface area contributed by atoms with Crippen molar-refractivity contribution in [2.75, 3.05) is 33.4 Å². The smallest absolute Gasteiger partial charge is 0.223 e. The van der Waals surface area contributed by atoms with Crippen LogP contribution in [0.1, 0.15) is 85.0 Å². The first kappa shape index (κ1) is 43.4. The molecule has 2 saturated carbocycles. The number of ether oxygens (including phenoxy) is 3. The minimum Gasteiger partial charge on any atom is -0.400 e. The van der Waals surface area contributed by atoms with Gasteiger partial charge in [-0.1, -0.05) is 33.6 Å². The fraction of sp³-hybridized carbons (Fsp3) is 1.00. The van der Waals surface area contributed by atoms with Gasteiger partial charge in [-0.15, -0.1) is 0 Å². The van der Waals surface area contributed by atoms with E-state index in [0.29, 0.717) is 44.2 Å². The van der Waals surface area contributed by atoms with E-state index in [1.54, 1.807) is 0 Å². The summed E-state index contributed by atoms with van der Waals surface area (Å²) in [5, 5.41) is 62.3. The molecule has 0 radical (unpaired) electrons. The maximum atomic E-state index is 11.4. The van der Waals surface area contributed by atoms with Crippen molar-refractivity contribution in [1.29, 1.82) is 0 Å². The molecule has 15 heteroatoms. The Balaban J connectivity index is 0.000000633. The first-order chi connectivity index (χ1) is 22.1. The van der Waals surface area contributed by atoms with Crippen LogP contribution in [0.4, 0.5) is 4.53 Å². The molecule has 2 heterocycles. The van der Waals surface area contributed by atoms with Gasteiger partial charge in [-0.05, 0) is 49.1 Å². The Morgan fingerprint density at radius 3 is 2.17 bits per heavy atom. The van der Waals surface area contributed by atoms with E-state index in [1.807, 2.05) is 13.8 Å². The Kier molecular flexibility index (Phi) is 23.1. The minimum atomic E-state index is -1.23. The Hall–Kier alpha value is -0.630. The maximum absolute atomic E-state index is 11.4. The molecule has 0 spiro atoms. The molecule has 12 N–H and O–H groups in total. The molecule has 2 aliphatic heterocycles. The SMILES string of the molecule is CC.CCCCC(CO)NC1CC(N)[C@@H](O[C@@H]2CC(O)CC(CNCC3CC(N)C3)O2)C(O)C1.CO.OC1COC(OF)C(O)C1. The van der Waals surface area contributed by atoms with E-state index in [4.69, 9.17) is 36.3 Å². The van der Waals surface area contributed by atoms with Gasteiger partial charge in [0.05, 0.1) is 37.6 Å². The monoisotopic (exact) mass is 672 g/mol. The van der Waals surface area contributed by atoms with E-state index in [2.05, 4.69) is 27.2 Å². The van der Waals surface area contributed by atoms with Crippen LogP contribution in [0, 0.1) is 5.92 Å². The van der Waals surface area contributed by atoms with Crippen molar-refractivity contribution in [2.45, 2.75) is 158 Å². The van der Waals surface area contributed by atoms with Crippen LogP contribution in [0.5, 0.6) is 0 Å². The van der Waals surface area contributed by atoms with E-state index in [9.17, 15) is 19.8 Å². The zero-order chi connectivity index (χ0) is 34.6. The second kappa shape index (κ2) is 24.5. The molecule has 0 bridgehead atoms. The van der Waals surface area contributed by atoms with Crippen LogP contribution in [-0.4, -0.2) is 137 Å². The Morgan fingerprint density at radius 1 is 0.913 bits per heavy atom. The first-order valence-electron chi connectivity index (χ1n) is 17.1. The van der Waals surface area contributed by atoms with Crippen LogP contribution in [0.15, 0.2) is 0 Å². The van der Waals surface area contributed by atoms with Crippen molar-refractivity contribution in [3.63, 3.8) is 0 Å². The summed E-state index contributed by atoms with van der Waals surface area (Å²) in [6.07, 6.45) is 1.93. The lowest BCUT2D eigenvalue weighted by molar-refractivity contribution is -0.324. The van der Waals surface area contributed by atoms with Crippen molar-refractivity contribution >= 4 is 0 Å². The number of aliphatic hydroxyl groups is 6. The average Bonchev–Trinajstić information content (AvgIpc) is 3.02. The molecule has 11 atom stereocenters. The normalized spacial score (nSPS) is 38.0. The molecule has 4 aliphatic rings. The summed E-state index contributed by atoms with van der Waals surface area (Å²) in [4.78, 5) is 3.27. The number of aliphatic hydroxyl groups excluding tert-OH is 6. The van der Waals surface area contributed by atoms with Gasteiger partial charge in [-0.3, -0.25) is 0 Å². The Morgan fingerprint density at radius 2 is 1.61 bits per heavy atom. The molecule has 4 rings (SSSR count). The van der Waals surface area contributed by atoms with Gasteiger partial charge in [0.2, 0.25) is 6.29 Å². The lowest BCUT2D eigenvalue weighted by Gasteiger charge is -2.42. The number of unbranched alkanes of at least 4 members (excludes halogenated alkanes) is 1. The summed E-state index contributed by atoms with van der Waals surface area (Å²) in [7, 11) is 1.00. The fourth-order valence-corrected chi connectivity index (χ4v) is 6.21. The zero-order valence-electron chi connectivity index (χ0n) is 28.3. The van der Waals surface area contributed by atoms with Crippen molar-refractivity contribution in [3.8, 4) is 0 Å². The van der Waals surface area contributed by atoms with Crippen molar-refractivity contribution < 1.29 is 54.3 Å². The van der Waals surface area contributed by atoms with E-state index >= 15 is 0 Å². The molecule has 0 aromatic carbocycles. The largest absolute Gasteiger partial charge is 0.400 e. The molecule has 0 aromatic rings. The third kappa shape index (κ3) is 15.7. The highest BCUT2D eigenvalue weighted by Gasteiger charge is 2.40. The van der Waals surface area contributed by atoms with Gasteiger partial charge in [0, 0.05) is 57.1 Å². The lowest BCUT2D eigenvalue weighted by Crippen LogP contribution is -2.58. The fourth-order valence-electron chi connectivity index (χ4n) is 6.21. The molecule has 2 aliphatic carbocycles. The molecule has 9 unspecified atom stereocenters. The van der Waals surface area contributed by atoms with Crippen LogP contribution < -0.4 is 22.1 Å². The predicted molar refractivity (Wildman–Crippen MR) is 171 cm³/mol. The highest BCUT2D eigenvalue weighted by molar-refractivity contribution is 4.94. The number of nitrogens with one attached hydrogen (secondary N) is 2. The average molecular weight is 673 g/mol. The van der Waals surface area contributed by atoms with Crippen molar-refractivity contribution in [3.05, 3.63) is 0 Å². The van der Waals surface area contributed by atoms with Crippen LogP contribution in [0.25, 0.3) is 0 Å². The van der Waals surface area contributed by atoms with Gasteiger partial charge in [-0.25, -0.2) is 0 Å². The topological polar surface area (TPSA) is 234 Å². The van der Waals surface area contributed by atoms with Crippen LogP contribution >= 0.6 is 0 Å². The molecule has 2 saturated heterocycles. The summed E-state index contributed by atoms with van der Waals surface area (Å²) in [5.74, 6) is 0.634. The number of hydrogen-bond acceptors (Lipinski definition) is 14. The second-order valence-corrected chi connectivity index (χ2v) is 12.5. The summed E-state index contributed by atoms with van der Waals surface area (Å²) >= 11 is 0. The Bertz CT molecular complexity index is 735. The highest BCUT2D eigenvalue weighted by Crippen LogP contribution is 2.28. The van der Waals surface area contributed by atoms with E-state index in [1.165, 1.54) is 0 Å². The van der Waals surface area contributed by atoms with E-state index in [0.717, 1.165) is 45.8 Å². The standard InChI is InChI=1S/C23H46N4O5.C5H9FO4.C2H6.CH4O/c1-2-3-4-16(13-28)27-17-7-20(25)23(21(30)8-17)32-22-10-18(29)9-19(31-22)12-26-11-14-5-15(24)6-14;6-10-5-4(8)1-3(7)2-9-5;2*1-2/h14-23,26-30H,2-13,24-25H2,1H3;3-5,7-8H,1-2H2;1-2H3;2H,1H3/t14?,15?,16?,17?,18?,19?,20?,21?,22-,23-;;;/m1.../s1. The maximum Gasteiger partial charge on any atom is 0.223 e. The van der Waals surface area contributed by atoms with Gasteiger partial charge in [0.25, 0.3) is 0 Å². The zero-order valence-corrected chi connectivity index (χ0v) is 28.3. The Labute approximate surface area is 274 Å². The van der Waals surface area contributed by atoms with Crippen molar-refractivity contribution in [2.24, 2.45) is 17.4 Å². The number of nitrogens with two attached hydrogens (primary N) is 2. The molecule has 0 aromatic heterocycles. The van der Waals surface area contributed by atoms with Gasteiger partial charge in [-0.2, -0.15) is 4.94 Å². The highest BCUT2D eigenvalue weighted by atomic mass is 19.3. The second-order valence-electron chi connectivity index (χ2n) is 12.5. The molecule has 46 heavy (non-hydrogen) atoms. The van der Waals surface area contributed by atoms with Gasteiger partial charge in [0.1, 0.15) is 12.2 Å². The van der Waals surface area contributed by atoms with Crippen LogP contribution in [0.3, 0.4) is 0 Å². The van der Waals surface area contributed by atoms with Crippen LogP contribution in [0.2, 0.25) is 0 Å². The minimum absolute atomic E-state index is 0.00560. The van der Waals surface area contributed by atoms with E-state index in [-0.39, 0.29) is 43.9 Å². The molecule has 0 amide bonds. The summed E-state index contributed by atoms with van der Waals surface area (Å²) in [5.41, 5.74) is 12.2. The number of rotatable bonds is 13. The summed E-state index contributed by atoms with van der Waals surface area (Å²) in [6, 6.07) is 0.0730. The third-order valence-electron chi connectivity index (χ3n) is 8.58. The lowest BCUT2D eigenvalue weighted by atomic mass is 9.81. The number of halogens is 1. The van der Waals surface area contributed by atoms with Gasteiger partial charge >= 0.3 is 0 Å². The molecule has 276 valence electrons. The van der Waals surface area contributed by atoms with E-state index < -0.39 is 43.1 Å². The third-order valence-corrected chi connectivity index (χ3v) is 8.58. The first-order valence-corrected chi connectivity index (χ1v) is 17.1. The quantitative estimate of drug-likeness (QED) is 0.119. The summed E-state index contributed by atoms with van der Waals surface area (Å²) < 4.78 is 28.1.